The highest BCUT2D eigenvalue weighted by Gasteiger charge is 2.27. The minimum absolute atomic E-state index is 0.376. The SMILES string of the molecule is CC(C)n1nc(C2CC2)cc1/C=C/c1cccc(Cl)c1. The average Bonchev–Trinajstić information content (AvgIpc) is 3.16. The Labute approximate surface area is 125 Å². The van der Waals surface area contributed by atoms with Gasteiger partial charge in [0.15, 0.2) is 0 Å². The van der Waals surface area contributed by atoms with Gasteiger partial charge < -0.3 is 0 Å². The van der Waals surface area contributed by atoms with E-state index in [0.717, 1.165) is 10.6 Å². The summed E-state index contributed by atoms with van der Waals surface area (Å²) in [7, 11) is 0. The molecule has 0 aliphatic heterocycles. The van der Waals surface area contributed by atoms with Gasteiger partial charge in [0.1, 0.15) is 0 Å². The predicted octanol–water partition coefficient (Wildman–Crippen LogP) is 5.17. The minimum atomic E-state index is 0.376. The molecule has 3 heteroatoms. The van der Waals surface area contributed by atoms with Gasteiger partial charge in [-0.2, -0.15) is 5.10 Å². The summed E-state index contributed by atoms with van der Waals surface area (Å²) in [5, 5.41) is 5.51. The highest BCUT2D eigenvalue weighted by molar-refractivity contribution is 6.30. The minimum Gasteiger partial charge on any atom is -0.263 e. The number of benzene rings is 1. The Bertz CT molecular complexity index is 636. The van der Waals surface area contributed by atoms with Crippen LogP contribution in [-0.2, 0) is 0 Å². The van der Waals surface area contributed by atoms with Crippen LogP contribution in [0.1, 0.15) is 55.6 Å². The first-order valence-electron chi connectivity index (χ1n) is 7.16. The Morgan fingerprint density at radius 3 is 2.70 bits per heavy atom. The summed E-state index contributed by atoms with van der Waals surface area (Å²) in [5.41, 5.74) is 3.52. The fourth-order valence-electron chi connectivity index (χ4n) is 2.34. The Hall–Kier alpha value is -1.54. The summed E-state index contributed by atoms with van der Waals surface area (Å²) in [6.45, 7) is 4.33. The smallest absolute Gasteiger partial charge is 0.0661 e. The second kappa shape index (κ2) is 5.45. The molecule has 0 unspecified atom stereocenters. The molecule has 0 radical (unpaired) electrons. The maximum atomic E-state index is 6.01. The van der Waals surface area contributed by atoms with Gasteiger partial charge in [-0.15, -0.1) is 0 Å². The summed E-state index contributed by atoms with van der Waals surface area (Å²) >= 11 is 6.01. The Morgan fingerprint density at radius 2 is 2.05 bits per heavy atom. The van der Waals surface area contributed by atoms with Crippen LogP contribution in [0.5, 0.6) is 0 Å². The molecule has 1 aliphatic rings. The largest absolute Gasteiger partial charge is 0.263 e. The summed E-state index contributed by atoms with van der Waals surface area (Å²) in [4.78, 5) is 0. The van der Waals surface area contributed by atoms with Crippen LogP contribution >= 0.6 is 11.6 Å². The van der Waals surface area contributed by atoms with Crippen molar-refractivity contribution in [1.29, 1.82) is 0 Å². The Kier molecular flexibility index (Phi) is 3.66. The molecule has 2 aromatic rings. The van der Waals surface area contributed by atoms with Crippen molar-refractivity contribution in [2.24, 2.45) is 0 Å². The molecule has 1 heterocycles. The second-order valence-corrected chi connectivity index (χ2v) is 6.13. The molecule has 0 spiro atoms. The number of hydrogen-bond donors (Lipinski definition) is 0. The van der Waals surface area contributed by atoms with Gasteiger partial charge >= 0.3 is 0 Å². The number of hydrogen-bond acceptors (Lipinski definition) is 1. The molecule has 1 aromatic heterocycles. The summed E-state index contributed by atoms with van der Waals surface area (Å²) < 4.78 is 2.11. The molecule has 0 atom stereocenters. The Morgan fingerprint density at radius 1 is 1.25 bits per heavy atom. The summed E-state index contributed by atoms with van der Waals surface area (Å²) in [6.07, 6.45) is 6.79. The van der Waals surface area contributed by atoms with Crippen molar-refractivity contribution in [1.82, 2.24) is 9.78 Å². The first kappa shape index (κ1) is 13.4. The van der Waals surface area contributed by atoms with Crippen molar-refractivity contribution in [3.63, 3.8) is 0 Å². The summed E-state index contributed by atoms with van der Waals surface area (Å²) in [5.74, 6) is 0.688. The lowest BCUT2D eigenvalue weighted by molar-refractivity contribution is 0.523. The highest BCUT2D eigenvalue weighted by Crippen LogP contribution is 2.39. The van der Waals surface area contributed by atoms with Crippen molar-refractivity contribution in [2.75, 3.05) is 0 Å². The van der Waals surface area contributed by atoms with Crippen molar-refractivity contribution in [2.45, 2.75) is 38.6 Å². The number of aromatic nitrogens is 2. The fraction of sp³-hybridized carbons (Fsp3) is 0.353. The van der Waals surface area contributed by atoms with Gasteiger partial charge in [0.05, 0.1) is 11.4 Å². The van der Waals surface area contributed by atoms with E-state index in [4.69, 9.17) is 16.7 Å². The Balaban J connectivity index is 1.89. The van der Waals surface area contributed by atoms with E-state index in [1.54, 1.807) is 0 Å². The lowest BCUT2D eigenvalue weighted by atomic mass is 10.2. The van der Waals surface area contributed by atoms with Crippen LogP contribution in [0.2, 0.25) is 5.02 Å². The predicted molar refractivity (Wildman–Crippen MR) is 85.0 cm³/mol. The number of halogens is 1. The van der Waals surface area contributed by atoms with E-state index in [0.29, 0.717) is 12.0 Å². The number of rotatable bonds is 4. The van der Waals surface area contributed by atoms with Gasteiger partial charge in [-0.3, -0.25) is 4.68 Å². The van der Waals surface area contributed by atoms with E-state index in [2.05, 4.69) is 42.8 Å². The van der Waals surface area contributed by atoms with Gasteiger partial charge in [0.25, 0.3) is 0 Å². The van der Waals surface area contributed by atoms with Gasteiger partial charge in [0.2, 0.25) is 0 Å². The normalized spacial score (nSPS) is 15.4. The van der Waals surface area contributed by atoms with Crippen LogP contribution < -0.4 is 0 Å². The maximum Gasteiger partial charge on any atom is 0.0661 e. The van der Waals surface area contributed by atoms with E-state index in [1.807, 2.05) is 18.2 Å². The molecule has 3 rings (SSSR count). The van der Waals surface area contributed by atoms with E-state index in [1.165, 1.54) is 24.2 Å². The van der Waals surface area contributed by atoms with Crippen LogP contribution in [0.15, 0.2) is 30.3 Å². The van der Waals surface area contributed by atoms with Crippen molar-refractivity contribution in [3.05, 3.63) is 52.3 Å². The topological polar surface area (TPSA) is 17.8 Å². The average molecular weight is 287 g/mol. The maximum absolute atomic E-state index is 6.01. The van der Waals surface area contributed by atoms with Gasteiger partial charge in [-0.25, -0.2) is 0 Å². The van der Waals surface area contributed by atoms with E-state index >= 15 is 0 Å². The van der Waals surface area contributed by atoms with Crippen LogP contribution in [0.4, 0.5) is 0 Å². The van der Waals surface area contributed by atoms with E-state index < -0.39 is 0 Å². The molecule has 1 aliphatic carbocycles. The van der Waals surface area contributed by atoms with Gasteiger partial charge in [-0.1, -0.05) is 29.8 Å². The quantitative estimate of drug-likeness (QED) is 0.758. The van der Waals surface area contributed by atoms with Gasteiger partial charge in [0, 0.05) is 17.0 Å². The fourth-order valence-corrected chi connectivity index (χ4v) is 2.54. The van der Waals surface area contributed by atoms with Crippen molar-refractivity contribution < 1.29 is 0 Å². The third-order valence-electron chi connectivity index (χ3n) is 3.56. The van der Waals surface area contributed by atoms with Crippen LogP contribution in [0.3, 0.4) is 0 Å². The lowest BCUT2D eigenvalue weighted by Crippen LogP contribution is -2.05. The second-order valence-electron chi connectivity index (χ2n) is 5.69. The molecule has 20 heavy (non-hydrogen) atoms. The monoisotopic (exact) mass is 286 g/mol. The molecule has 0 bridgehead atoms. The molecular weight excluding hydrogens is 268 g/mol. The molecule has 1 saturated carbocycles. The molecule has 2 nitrogen and oxygen atoms in total. The molecule has 1 aromatic carbocycles. The van der Waals surface area contributed by atoms with Crippen molar-refractivity contribution in [3.8, 4) is 0 Å². The van der Waals surface area contributed by atoms with E-state index in [9.17, 15) is 0 Å². The standard InChI is InChI=1S/C17H19ClN2/c1-12(2)20-16(11-17(19-20)14-7-8-14)9-6-13-4-3-5-15(18)10-13/h3-6,9-12,14H,7-8H2,1-2H3/b9-6+. The van der Waals surface area contributed by atoms with Crippen molar-refractivity contribution >= 4 is 23.8 Å². The van der Waals surface area contributed by atoms with Gasteiger partial charge in [-0.05, 0) is 56.5 Å². The van der Waals surface area contributed by atoms with Crippen LogP contribution in [-0.4, -0.2) is 9.78 Å². The van der Waals surface area contributed by atoms with E-state index in [-0.39, 0.29) is 0 Å². The summed E-state index contributed by atoms with van der Waals surface area (Å²) in [6, 6.07) is 10.5. The zero-order valence-corrected chi connectivity index (χ0v) is 12.6. The molecular formula is C17H19ClN2. The molecule has 0 saturated heterocycles. The zero-order valence-electron chi connectivity index (χ0n) is 11.9. The molecule has 0 N–H and O–H groups in total. The van der Waals surface area contributed by atoms with Crippen LogP contribution in [0.25, 0.3) is 12.2 Å². The first-order chi connectivity index (χ1) is 9.63. The third-order valence-corrected chi connectivity index (χ3v) is 3.80. The first-order valence-corrected chi connectivity index (χ1v) is 7.54. The molecule has 0 amide bonds. The number of nitrogens with zero attached hydrogens (tertiary/aromatic N) is 2. The molecule has 1 fully saturated rings. The zero-order chi connectivity index (χ0) is 14.1. The highest BCUT2D eigenvalue weighted by atomic mass is 35.5. The molecule has 104 valence electrons. The lowest BCUT2D eigenvalue weighted by Gasteiger charge is -2.08. The van der Waals surface area contributed by atoms with Crippen LogP contribution in [0, 0.1) is 0 Å². The third kappa shape index (κ3) is 2.96.